The lowest BCUT2D eigenvalue weighted by atomic mass is 9.87. The highest BCUT2D eigenvalue weighted by molar-refractivity contribution is 7.99. The number of nitrogens with zero attached hydrogens (tertiary/aromatic N) is 4. The van der Waals surface area contributed by atoms with Crippen LogP contribution in [0.5, 0.6) is 11.5 Å². The fraction of sp³-hybridized carbons (Fsp3) is 0.241. The monoisotopic (exact) mass is 529 g/mol. The standard InChI is InChI=1S/C29H31N5O3S/c1-29(2,3)22-10-6-20(7-11-22)18-30-31-26(35)19-38-28-33-32-27(21-8-14-24(36-4)15-9-21)34(28)23-12-16-25(37-5)17-13-23/h6-18H,19H2,1-5H3,(H,31,35)/b30-18+. The molecule has 38 heavy (non-hydrogen) atoms. The van der Waals surface area contributed by atoms with Crippen LogP contribution in [0.4, 0.5) is 0 Å². The normalized spacial score (nSPS) is 11.5. The fourth-order valence-corrected chi connectivity index (χ4v) is 4.41. The molecule has 0 saturated heterocycles. The van der Waals surface area contributed by atoms with Gasteiger partial charge in [0.2, 0.25) is 0 Å². The molecule has 0 bridgehead atoms. The average molecular weight is 530 g/mol. The molecule has 3 aromatic carbocycles. The minimum atomic E-state index is -0.243. The summed E-state index contributed by atoms with van der Waals surface area (Å²) >= 11 is 1.28. The van der Waals surface area contributed by atoms with E-state index in [0.29, 0.717) is 11.0 Å². The number of amides is 1. The van der Waals surface area contributed by atoms with Crippen molar-refractivity contribution < 1.29 is 14.3 Å². The van der Waals surface area contributed by atoms with Gasteiger partial charge in [0.1, 0.15) is 11.5 Å². The number of carbonyl (C=O) groups is 1. The lowest BCUT2D eigenvalue weighted by Crippen LogP contribution is -2.20. The number of methoxy groups -OCH3 is 2. The first-order valence-electron chi connectivity index (χ1n) is 12.1. The first kappa shape index (κ1) is 26.9. The quantitative estimate of drug-likeness (QED) is 0.175. The maximum atomic E-state index is 12.5. The van der Waals surface area contributed by atoms with Gasteiger partial charge in [0.05, 0.1) is 26.2 Å². The summed E-state index contributed by atoms with van der Waals surface area (Å²) < 4.78 is 12.5. The Morgan fingerprint density at radius 2 is 1.53 bits per heavy atom. The van der Waals surface area contributed by atoms with Crippen LogP contribution < -0.4 is 14.9 Å². The molecule has 1 aromatic heterocycles. The summed E-state index contributed by atoms with van der Waals surface area (Å²) in [6.07, 6.45) is 1.64. The van der Waals surface area contributed by atoms with E-state index in [1.807, 2.05) is 65.2 Å². The molecule has 196 valence electrons. The molecule has 4 aromatic rings. The second-order valence-electron chi connectivity index (χ2n) is 9.52. The predicted molar refractivity (Wildman–Crippen MR) is 152 cm³/mol. The largest absolute Gasteiger partial charge is 0.497 e. The van der Waals surface area contributed by atoms with Crippen LogP contribution in [0.15, 0.2) is 83.1 Å². The summed E-state index contributed by atoms with van der Waals surface area (Å²) in [6.45, 7) is 6.51. The van der Waals surface area contributed by atoms with Crippen molar-refractivity contribution in [1.29, 1.82) is 0 Å². The number of hydrogen-bond acceptors (Lipinski definition) is 7. The lowest BCUT2D eigenvalue weighted by molar-refractivity contribution is -0.118. The SMILES string of the molecule is COc1ccc(-c2nnc(SCC(=O)N/N=C/c3ccc(C(C)(C)C)cc3)n2-c2ccc(OC)cc2)cc1. The highest BCUT2D eigenvalue weighted by Gasteiger charge is 2.18. The van der Waals surface area contributed by atoms with E-state index in [-0.39, 0.29) is 17.1 Å². The Morgan fingerprint density at radius 1 is 0.921 bits per heavy atom. The Labute approximate surface area is 227 Å². The van der Waals surface area contributed by atoms with Gasteiger partial charge in [0.15, 0.2) is 11.0 Å². The van der Waals surface area contributed by atoms with Gasteiger partial charge in [0, 0.05) is 11.3 Å². The summed E-state index contributed by atoms with van der Waals surface area (Å²) in [4.78, 5) is 12.5. The van der Waals surface area contributed by atoms with Crippen molar-refractivity contribution in [3.05, 3.63) is 83.9 Å². The molecule has 1 N–H and O–H groups in total. The van der Waals surface area contributed by atoms with Crippen molar-refractivity contribution in [2.45, 2.75) is 31.3 Å². The predicted octanol–water partition coefficient (Wildman–Crippen LogP) is 5.49. The van der Waals surface area contributed by atoms with Gasteiger partial charge in [-0.05, 0) is 65.1 Å². The highest BCUT2D eigenvalue weighted by atomic mass is 32.2. The Balaban J connectivity index is 1.48. The van der Waals surface area contributed by atoms with Crippen LogP contribution in [0, 0.1) is 0 Å². The zero-order valence-corrected chi connectivity index (χ0v) is 23.0. The van der Waals surface area contributed by atoms with Crippen LogP contribution in [0.1, 0.15) is 31.9 Å². The van der Waals surface area contributed by atoms with Gasteiger partial charge in [-0.15, -0.1) is 10.2 Å². The van der Waals surface area contributed by atoms with E-state index in [4.69, 9.17) is 9.47 Å². The number of ether oxygens (including phenoxy) is 2. The van der Waals surface area contributed by atoms with Crippen molar-refractivity contribution >= 4 is 23.9 Å². The van der Waals surface area contributed by atoms with Crippen LogP contribution >= 0.6 is 11.8 Å². The van der Waals surface area contributed by atoms with Crippen LogP contribution in [-0.2, 0) is 10.2 Å². The summed E-state index contributed by atoms with van der Waals surface area (Å²) in [6, 6.07) is 23.3. The van der Waals surface area contributed by atoms with Crippen LogP contribution in [0.25, 0.3) is 17.1 Å². The number of benzene rings is 3. The molecule has 0 atom stereocenters. The minimum absolute atomic E-state index is 0.0841. The molecule has 0 saturated carbocycles. The molecule has 0 aliphatic rings. The fourth-order valence-electron chi connectivity index (χ4n) is 3.66. The van der Waals surface area contributed by atoms with E-state index < -0.39 is 0 Å². The van der Waals surface area contributed by atoms with Crippen molar-refractivity contribution in [1.82, 2.24) is 20.2 Å². The molecule has 0 aliphatic heterocycles. The third-order valence-corrected chi connectivity index (χ3v) is 6.75. The zero-order chi connectivity index (χ0) is 27.1. The van der Waals surface area contributed by atoms with E-state index in [2.05, 4.69) is 53.6 Å². The molecular formula is C29H31N5O3S. The number of rotatable bonds is 9. The summed E-state index contributed by atoms with van der Waals surface area (Å²) in [7, 11) is 3.25. The molecule has 0 unspecified atom stereocenters. The van der Waals surface area contributed by atoms with Gasteiger partial charge in [-0.2, -0.15) is 5.10 Å². The number of nitrogens with one attached hydrogen (secondary N) is 1. The highest BCUT2D eigenvalue weighted by Crippen LogP contribution is 2.30. The molecule has 0 aliphatic carbocycles. The van der Waals surface area contributed by atoms with Crippen LogP contribution in [0.2, 0.25) is 0 Å². The van der Waals surface area contributed by atoms with Gasteiger partial charge in [-0.1, -0.05) is 56.8 Å². The number of carbonyl (C=O) groups excluding carboxylic acids is 1. The number of hydrazone groups is 1. The van der Waals surface area contributed by atoms with Crippen LogP contribution in [-0.4, -0.2) is 46.9 Å². The molecule has 0 fully saturated rings. The van der Waals surface area contributed by atoms with Crippen molar-refractivity contribution in [2.24, 2.45) is 5.10 Å². The Morgan fingerprint density at radius 3 is 2.11 bits per heavy atom. The maximum Gasteiger partial charge on any atom is 0.250 e. The second-order valence-corrected chi connectivity index (χ2v) is 10.5. The molecule has 4 rings (SSSR count). The average Bonchev–Trinajstić information content (AvgIpc) is 3.35. The van der Waals surface area contributed by atoms with Crippen molar-refractivity contribution in [3.63, 3.8) is 0 Å². The van der Waals surface area contributed by atoms with Gasteiger partial charge < -0.3 is 9.47 Å². The lowest BCUT2D eigenvalue weighted by Gasteiger charge is -2.18. The number of thioether (sulfide) groups is 1. The number of aromatic nitrogens is 3. The molecule has 8 nitrogen and oxygen atoms in total. The van der Waals surface area contributed by atoms with E-state index >= 15 is 0 Å². The van der Waals surface area contributed by atoms with E-state index in [0.717, 1.165) is 28.3 Å². The molecule has 1 amide bonds. The van der Waals surface area contributed by atoms with E-state index in [1.165, 1.54) is 17.3 Å². The van der Waals surface area contributed by atoms with Gasteiger partial charge in [0.25, 0.3) is 5.91 Å². The third kappa shape index (κ3) is 6.60. The second kappa shape index (κ2) is 12.0. The Bertz CT molecular complexity index is 1390. The third-order valence-electron chi connectivity index (χ3n) is 5.82. The van der Waals surface area contributed by atoms with Gasteiger partial charge in [-0.25, -0.2) is 5.43 Å². The molecule has 0 spiro atoms. The first-order valence-corrected chi connectivity index (χ1v) is 13.1. The number of hydrogen-bond donors (Lipinski definition) is 1. The molecule has 9 heteroatoms. The van der Waals surface area contributed by atoms with Gasteiger partial charge >= 0.3 is 0 Å². The van der Waals surface area contributed by atoms with Gasteiger partial charge in [-0.3, -0.25) is 9.36 Å². The summed E-state index contributed by atoms with van der Waals surface area (Å²) in [5.74, 6) is 2.02. The van der Waals surface area contributed by atoms with Crippen molar-refractivity contribution in [2.75, 3.05) is 20.0 Å². The smallest absolute Gasteiger partial charge is 0.250 e. The zero-order valence-electron chi connectivity index (χ0n) is 22.1. The topological polar surface area (TPSA) is 90.6 Å². The summed E-state index contributed by atoms with van der Waals surface area (Å²) in [5, 5.41) is 13.5. The van der Waals surface area contributed by atoms with E-state index in [1.54, 1.807) is 20.4 Å². The van der Waals surface area contributed by atoms with Crippen molar-refractivity contribution in [3.8, 4) is 28.6 Å². The van der Waals surface area contributed by atoms with E-state index in [9.17, 15) is 4.79 Å². The minimum Gasteiger partial charge on any atom is -0.497 e. The molecule has 1 heterocycles. The molecular weight excluding hydrogens is 498 g/mol. The summed E-state index contributed by atoms with van der Waals surface area (Å²) in [5.41, 5.74) is 6.55. The first-order chi connectivity index (χ1) is 18.3. The Hall–Kier alpha value is -4.11. The Kier molecular flexibility index (Phi) is 8.48. The van der Waals surface area contributed by atoms with Crippen LogP contribution in [0.3, 0.4) is 0 Å². The molecule has 0 radical (unpaired) electrons. The maximum absolute atomic E-state index is 12.5.